The molecule has 0 unspecified atom stereocenters. The molecule has 0 radical (unpaired) electrons. The Bertz CT molecular complexity index is 594. The molecule has 1 amide bonds. The van der Waals surface area contributed by atoms with E-state index in [4.69, 9.17) is 23.2 Å². The number of hydrogen-bond acceptors (Lipinski definition) is 2. The van der Waals surface area contributed by atoms with Gasteiger partial charge in [-0.1, -0.05) is 23.2 Å². The van der Waals surface area contributed by atoms with E-state index in [9.17, 15) is 9.18 Å². The van der Waals surface area contributed by atoms with Gasteiger partial charge in [0.25, 0.3) is 5.91 Å². The van der Waals surface area contributed by atoms with Crippen LogP contribution in [0, 0.1) is 5.82 Å². The quantitative estimate of drug-likeness (QED) is 0.774. The smallest absolute Gasteiger partial charge is 0.256 e. The Balaban J connectivity index is 2.27. The second kappa shape index (κ2) is 5.57. The van der Waals surface area contributed by atoms with Crippen molar-refractivity contribution in [3.63, 3.8) is 0 Å². The number of carbonyl (C=O) groups excluding carboxylic acids is 1. The molecule has 2 rings (SSSR count). The summed E-state index contributed by atoms with van der Waals surface area (Å²) in [5, 5.41) is 4.35. The fourth-order valence-electron chi connectivity index (χ4n) is 1.28. The van der Waals surface area contributed by atoms with Gasteiger partial charge in [-0.2, -0.15) is 0 Å². The minimum Gasteiger partial charge on any atom is -0.319 e. The molecule has 0 atom stereocenters. The summed E-state index contributed by atoms with van der Waals surface area (Å²) in [6.45, 7) is 0. The lowest BCUT2D eigenvalue weighted by Crippen LogP contribution is -2.11. The summed E-state index contributed by atoms with van der Waals surface area (Å²) in [5.74, 6) is -0.909. The standard InChI is InChI=1S/C11H5BrCl2FNOS/c12-9-1-5(4-18-9)11(17)16-10-7(13)2-6(15)3-8(10)14/h1-4H,(H,16,17). The van der Waals surface area contributed by atoms with Gasteiger partial charge < -0.3 is 5.32 Å². The fraction of sp³-hybridized carbons (Fsp3) is 0. The Morgan fingerprint density at radius 2 is 1.89 bits per heavy atom. The molecule has 94 valence electrons. The molecule has 0 fully saturated rings. The van der Waals surface area contributed by atoms with Crippen molar-refractivity contribution in [2.75, 3.05) is 5.32 Å². The molecule has 1 aromatic heterocycles. The van der Waals surface area contributed by atoms with Crippen LogP contribution in [0.1, 0.15) is 10.4 Å². The average Bonchev–Trinajstić information content (AvgIpc) is 2.70. The topological polar surface area (TPSA) is 29.1 Å². The third kappa shape index (κ3) is 3.03. The maximum absolute atomic E-state index is 13.0. The van der Waals surface area contributed by atoms with Crippen molar-refractivity contribution in [2.24, 2.45) is 0 Å². The lowest BCUT2D eigenvalue weighted by molar-refractivity contribution is 0.102. The van der Waals surface area contributed by atoms with Crippen LogP contribution in [0.2, 0.25) is 10.0 Å². The van der Waals surface area contributed by atoms with Crippen LogP contribution >= 0.6 is 50.5 Å². The first kappa shape index (κ1) is 13.8. The second-order valence-corrected chi connectivity index (χ2v) is 6.44. The minimum atomic E-state index is -0.554. The summed E-state index contributed by atoms with van der Waals surface area (Å²) < 4.78 is 13.8. The molecule has 2 nitrogen and oxygen atoms in total. The normalized spacial score (nSPS) is 10.4. The van der Waals surface area contributed by atoms with Gasteiger partial charge in [0.2, 0.25) is 0 Å². The Morgan fingerprint density at radius 3 is 2.39 bits per heavy atom. The Hall–Kier alpha value is -0.620. The zero-order valence-corrected chi connectivity index (χ0v) is 12.6. The maximum atomic E-state index is 13.0. The lowest BCUT2D eigenvalue weighted by Gasteiger charge is -2.08. The predicted molar refractivity (Wildman–Crippen MR) is 76.4 cm³/mol. The SMILES string of the molecule is O=C(Nc1c(Cl)cc(F)cc1Cl)c1csc(Br)c1. The van der Waals surface area contributed by atoms with E-state index < -0.39 is 5.82 Å². The van der Waals surface area contributed by atoms with Crippen LogP contribution in [0.5, 0.6) is 0 Å². The summed E-state index contributed by atoms with van der Waals surface area (Å²) in [6.07, 6.45) is 0. The van der Waals surface area contributed by atoms with E-state index in [-0.39, 0.29) is 21.6 Å². The molecule has 1 aromatic carbocycles. The molecule has 0 saturated heterocycles. The number of thiophene rings is 1. The van der Waals surface area contributed by atoms with Gasteiger partial charge in [0.1, 0.15) is 5.82 Å². The number of benzene rings is 1. The van der Waals surface area contributed by atoms with Gasteiger partial charge >= 0.3 is 0 Å². The number of halogens is 4. The molecule has 2 aromatic rings. The second-order valence-electron chi connectivity index (χ2n) is 3.34. The Kier molecular flexibility index (Phi) is 4.27. The number of carbonyl (C=O) groups is 1. The molecule has 18 heavy (non-hydrogen) atoms. The van der Waals surface area contributed by atoms with Crippen LogP contribution in [0.15, 0.2) is 27.4 Å². The number of rotatable bonds is 2. The van der Waals surface area contributed by atoms with Gasteiger partial charge in [0, 0.05) is 5.38 Å². The van der Waals surface area contributed by atoms with Crippen molar-refractivity contribution in [2.45, 2.75) is 0 Å². The van der Waals surface area contributed by atoms with Gasteiger partial charge in [0.05, 0.1) is 25.1 Å². The van der Waals surface area contributed by atoms with Gasteiger partial charge in [-0.15, -0.1) is 11.3 Å². The molecule has 0 saturated carbocycles. The van der Waals surface area contributed by atoms with Crippen LogP contribution in [0.3, 0.4) is 0 Å². The Morgan fingerprint density at radius 1 is 1.28 bits per heavy atom. The van der Waals surface area contributed by atoms with Gasteiger partial charge in [-0.25, -0.2) is 4.39 Å². The summed E-state index contributed by atoms with van der Waals surface area (Å²) in [6, 6.07) is 3.85. The van der Waals surface area contributed by atoms with E-state index in [1.807, 2.05) is 0 Å². The zero-order chi connectivity index (χ0) is 13.3. The number of nitrogens with one attached hydrogen (secondary N) is 1. The maximum Gasteiger partial charge on any atom is 0.256 e. The highest BCUT2D eigenvalue weighted by molar-refractivity contribution is 9.11. The summed E-state index contributed by atoms with van der Waals surface area (Å²) in [4.78, 5) is 11.9. The number of amides is 1. The predicted octanol–water partition coefficient (Wildman–Crippen LogP) is 5.21. The summed E-state index contributed by atoms with van der Waals surface area (Å²) in [7, 11) is 0. The Labute approximate surface area is 125 Å². The molecule has 0 aliphatic carbocycles. The summed E-state index contributed by atoms with van der Waals surface area (Å²) >= 11 is 16.3. The number of anilines is 1. The first-order chi connectivity index (χ1) is 8.47. The zero-order valence-electron chi connectivity index (χ0n) is 8.64. The van der Waals surface area contributed by atoms with Gasteiger partial charge in [-0.3, -0.25) is 4.79 Å². The summed E-state index contributed by atoms with van der Waals surface area (Å²) in [5.41, 5.74) is 0.676. The number of hydrogen-bond donors (Lipinski definition) is 1. The van der Waals surface area contributed by atoms with E-state index in [1.54, 1.807) is 11.4 Å². The molecule has 0 aliphatic heterocycles. The average molecular weight is 369 g/mol. The molecule has 0 aliphatic rings. The van der Waals surface area contributed by atoms with E-state index in [1.165, 1.54) is 11.3 Å². The third-order valence-corrected chi connectivity index (χ3v) is 4.18. The van der Waals surface area contributed by atoms with Crippen molar-refractivity contribution >= 4 is 62.1 Å². The molecule has 1 N–H and O–H groups in total. The minimum absolute atomic E-state index is 0.0580. The highest BCUT2D eigenvalue weighted by atomic mass is 79.9. The first-order valence-electron chi connectivity index (χ1n) is 4.67. The molecule has 1 heterocycles. The first-order valence-corrected chi connectivity index (χ1v) is 7.10. The highest BCUT2D eigenvalue weighted by Gasteiger charge is 2.14. The van der Waals surface area contributed by atoms with E-state index in [0.717, 1.165) is 15.9 Å². The van der Waals surface area contributed by atoms with E-state index >= 15 is 0 Å². The van der Waals surface area contributed by atoms with Crippen molar-refractivity contribution in [1.29, 1.82) is 0 Å². The molecule has 7 heteroatoms. The monoisotopic (exact) mass is 367 g/mol. The van der Waals surface area contributed by atoms with Gasteiger partial charge in [0.15, 0.2) is 0 Å². The third-order valence-electron chi connectivity index (χ3n) is 2.08. The van der Waals surface area contributed by atoms with Crippen molar-refractivity contribution in [1.82, 2.24) is 0 Å². The molecule has 0 bridgehead atoms. The van der Waals surface area contributed by atoms with Gasteiger partial charge in [-0.05, 0) is 34.1 Å². The van der Waals surface area contributed by atoms with Crippen molar-refractivity contribution in [3.8, 4) is 0 Å². The molecule has 0 spiro atoms. The van der Waals surface area contributed by atoms with Crippen LogP contribution in [-0.4, -0.2) is 5.91 Å². The lowest BCUT2D eigenvalue weighted by atomic mass is 10.2. The van der Waals surface area contributed by atoms with E-state index in [2.05, 4.69) is 21.2 Å². The van der Waals surface area contributed by atoms with Crippen molar-refractivity contribution < 1.29 is 9.18 Å². The van der Waals surface area contributed by atoms with E-state index in [0.29, 0.717) is 5.56 Å². The van der Waals surface area contributed by atoms with Crippen LogP contribution in [0.4, 0.5) is 10.1 Å². The van der Waals surface area contributed by atoms with Crippen LogP contribution in [0.25, 0.3) is 0 Å². The molecular weight excluding hydrogens is 364 g/mol. The highest BCUT2D eigenvalue weighted by Crippen LogP contribution is 2.32. The van der Waals surface area contributed by atoms with Crippen LogP contribution in [-0.2, 0) is 0 Å². The van der Waals surface area contributed by atoms with Crippen molar-refractivity contribution in [3.05, 3.63) is 48.8 Å². The molecular formula is C11H5BrCl2FNOS. The van der Waals surface area contributed by atoms with Crippen LogP contribution < -0.4 is 5.32 Å². The fourth-order valence-corrected chi connectivity index (χ4v) is 2.97. The largest absolute Gasteiger partial charge is 0.319 e.